The molecule has 1 aliphatic rings. The molecule has 1 N–H and O–H groups in total. The Hall–Kier alpha value is -0.900. The molecular formula is C13H23N3O. The van der Waals surface area contributed by atoms with Crippen molar-refractivity contribution in [3.05, 3.63) is 11.7 Å². The van der Waals surface area contributed by atoms with Gasteiger partial charge >= 0.3 is 0 Å². The van der Waals surface area contributed by atoms with Gasteiger partial charge in [0.2, 0.25) is 5.89 Å². The van der Waals surface area contributed by atoms with Crippen molar-refractivity contribution in [2.45, 2.75) is 59.0 Å². The molecule has 1 aromatic rings. The van der Waals surface area contributed by atoms with Crippen LogP contribution in [0.25, 0.3) is 0 Å². The van der Waals surface area contributed by atoms with E-state index >= 15 is 0 Å². The van der Waals surface area contributed by atoms with Crippen molar-refractivity contribution >= 4 is 0 Å². The van der Waals surface area contributed by atoms with E-state index in [9.17, 15) is 0 Å². The Labute approximate surface area is 103 Å². The molecule has 0 bridgehead atoms. The first kappa shape index (κ1) is 12.6. The summed E-state index contributed by atoms with van der Waals surface area (Å²) in [5, 5.41) is 7.46. The Kier molecular flexibility index (Phi) is 4.15. The molecule has 1 saturated carbocycles. The third-order valence-electron chi connectivity index (χ3n) is 3.78. The average Bonchev–Trinajstić information content (AvgIpc) is 2.73. The Balaban J connectivity index is 1.79. The van der Waals surface area contributed by atoms with Crippen LogP contribution in [0.1, 0.15) is 51.2 Å². The van der Waals surface area contributed by atoms with Gasteiger partial charge in [0.15, 0.2) is 5.82 Å². The largest absolute Gasteiger partial charge is 0.340 e. The van der Waals surface area contributed by atoms with E-state index in [1.807, 2.05) is 6.92 Å². The molecule has 0 aliphatic heterocycles. The van der Waals surface area contributed by atoms with Crippen LogP contribution in [0, 0.1) is 18.8 Å². The van der Waals surface area contributed by atoms with E-state index in [0.717, 1.165) is 24.2 Å². The minimum atomic E-state index is 0.620. The molecule has 1 fully saturated rings. The first-order valence-electron chi connectivity index (χ1n) is 6.67. The second kappa shape index (κ2) is 5.63. The Morgan fingerprint density at radius 3 is 2.88 bits per heavy atom. The van der Waals surface area contributed by atoms with Crippen LogP contribution in [0.5, 0.6) is 0 Å². The van der Waals surface area contributed by atoms with Crippen LogP contribution in [0.4, 0.5) is 0 Å². The van der Waals surface area contributed by atoms with Crippen LogP contribution in [-0.4, -0.2) is 16.2 Å². The Bertz CT molecular complexity index is 348. The van der Waals surface area contributed by atoms with Crippen LogP contribution < -0.4 is 5.32 Å². The van der Waals surface area contributed by atoms with Crippen LogP contribution in [0.2, 0.25) is 0 Å². The predicted octanol–water partition coefficient (Wildman–Crippen LogP) is 2.68. The maximum Gasteiger partial charge on any atom is 0.223 e. The summed E-state index contributed by atoms with van der Waals surface area (Å²) < 4.78 is 4.96. The van der Waals surface area contributed by atoms with Gasteiger partial charge in [-0.1, -0.05) is 31.8 Å². The number of aryl methyl sites for hydroxylation is 1. The van der Waals surface area contributed by atoms with Crippen molar-refractivity contribution in [3.8, 4) is 0 Å². The molecule has 1 aromatic heterocycles. The van der Waals surface area contributed by atoms with Crippen LogP contribution in [0.3, 0.4) is 0 Å². The van der Waals surface area contributed by atoms with E-state index in [1.54, 1.807) is 0 Å². The monoisotopic (exact) mass is 237 g/mol. The van der Waals surface area contributed by atoms with Gasteiger partial charge in [-0.3, -0.25) is 0 Å². The molecule has 0 radical (unpaired) electrons. The van der Waals surface area contributed by atoms with Crippen molar-refractivity contribution in [1.82, 2.24) is 15.5 Å². The van der Waals surface area contributed by atoms with E-state index in [-0.39, 0.29) is 0 Å². The molecule has 2 unspecified atom stereocenters. The zero-order valence-electron chi connectivity index (χ0n) is 11.1. The number of hydrogen-bond donors (Lipinski definition) is 1. The molecule has 1 heterocycles. The number of aromatic nitrogens is 2. The quantitative estimate of drug-likeness (QED) is 0.874. The van der Waals surface area contributed by atoms with E-state index in [4.69, 9.17) is 4.52 Å². The Morgan fingerprint density at radius 1 is 1.41 bits per heavy atom. The lowest BCUT2D eigenvalue weighted by Gasteiger charge is -2.32. The third kappa shape index (κ3) is 3.53. The topological polar surface area (TPSA) is 51.0 Å². The molecule has 0 amide bonds. The number of rotatable bonds is 4. The van der Waals surface area contributed by atoms with Gasteiger partial charge in [0.05, 0.1) is 6.54 Å². The summed E-state index contributed by atoms with van der Waals surface area (Å²) in [4.78, 5) is 4.21. The van der Waals surface area contributed by atoms with Gasteiger partial charge in [-0.25, -0.2) is 0 Å². The molecule has 2 rings (SSSR count). The van der Waals surface area contributed by atoms with Crippen molar-refractivity contribution < 1.29 is 4.52 Å². The standard InChI is InChI=1S/C13H23N3O/c1-9(2)11-5-4-6-12(7-11)14-8-13-15-10(3)17-16-13/h9,11-12,14H,4-8H2,1-3H3. The van der Waals surface area contributed by atoms with E-state index < -0.39 is 0 Å². The highest BCUT2D eigenvalue weighted by Crippen LogP contribution is 2.29. The first-order valence-corrected chi connectivity index (χ1v) is 6.67. The van der Waals surface area contributed by atoms with E-state index in [1.165, 1.54) is 25.7 Å². The summed E-state index contributed by atoms with van der Waals surface area (Å²) in [6.07, 6.45) is 5.29. The zero-order valence-corrected chi connectivity index (χ0v) is 11.1. The smallest absolute Gasteiger partial charge is 0.223 e. The minimum Gasteiger partial charge on any atom is -0.340 e. The summed E-state index contributed by atoms with van der Waals surface area (Å²) in [5.41, 5.74) is 0. The third-order valence-corrected chi connectivity index (χ3v) is 3.78. The van der Waals surface area contributed by atoms with Gasteiger partial charge in [0, 0.05) is 13.0 Å². The van der Waals surface area contributed by atoms with Gasteiger partial charge in [-0.05, 0) is 24.7 Å². The number of hydrogen-bond acceptors (Lipinski definition) is 4. The van der Waals surface area contributed by atoms with Gasteiger partial charge in [0.1, 0.15) is 0 Å². The molecule has 1 aliphatic carbocycles. The highest BCUT2D eigenvalue weighted by atomic mass is 16.5. The van der Waals surface area contributed by atoms with Gasteiger partial charge in [-0.2, -0.15) is 4.98 Å². The van der Waals surface area contributed by atoms with Crippen molar-refractivity contribution in [1.29, 1.82) is 0 Å². The van der Waals surface area contributed by atoms with Crippen molar-refractivity contribution in [2.75, 3.05) is 0 Å². The zero-order chi connectivity index (χ0) is 12.3. The van der Waals surface area contributed by atoms with Crippen LogP contribution in [-0.2, 0) is 6.54 Å². The fourth-order valence-corrected chi connectivity index (χ4v) is 2.67. The molecule has 0 spiro atoms. The minimum absolute atomic E-state index is 0.620. The molecule has 4 heteroatoms. The van der Waals surface area contributed by atoms with Gasteiger partial charge < -0.3 is 9.84 Å². The summed E-state index contributed by atoms with van der Waals surface area (Å²) in [5.74, 6) is 3.08. The lowest BCUT2D eigenvalue weighted by atomic mass is 9.79. The highest BCUT2D eigenvalue weighted by Gasteiger charge is 2.23. The average molecular weight is 237 g/mol. The predicted molar refractivity (Wildman–Crippen MR) is 66.5 cm³/mol. The highest BCUT2D eigenvalue weighted by molar-refractivity contribution is 4.86. The second-order valence-corrected chi connectivity index (χ2v) is 5.48. The van der Waals surface area contributed by atoms with E-state index in [0.29, 0.717) is 11.9 Å². The molecule has 96 valence electrons. The molecule has 2 atom stereocenters. The molecule has 4 nitrogen and oxygen atoms in total. The Morgan fingerprint density at radius 2 is 2.24 bits per heavy atom. The van der Waals surface area contributed by atoms with Gasteiger partial charge in [0.25, 0.3) is 0 Å². The molecular weight excluding hydrogens is 214 g/mol. The molecule has 0 saturated heterocycles. The normalized spacial score (nSPS) is 25.4. The summed E-state index contributed by atoms with van der Waals surface area (Å²) in [6.45, 7) is 7.21. The molecule has 0 aromatic carbocycles. The maximum absolute atomic E-state index is 4.96. The first-order chi connectivity index (χ1) is 8.15. The van der Waals surface area contributed by atoms with E-state index in [2.05, 4.69) is 29.3 Å². The van der Waals surface area contributed by atoms with Crippen molar-refractivity contribution in [2.24, 2.45) is 11.8 Å². The molecule has 17 heavy (non-hydrogen) atoms. The van der Waals surface area contributed by atoms with Gasteiger partial charge in [-0.15, -0.1) is 0 Å². The van der Waals surface area contributed by atoms with Crippen molar-refractivity contribution in [3.63, 3.8) is 0 Å². The number of nitrogens with one attached hydrogen (secondary N) is 1. The fraction of sp³-hybridized carbons (Fsp3) is 0.846. The SMILES string of the molecule is Cc1nc(CNC2CCCC(C(C)C)C2)no1. The fourth-order valence-electron chi connectivity index (χ4n) is 2.67. The van der Waals surface area contributed by atoms with Crippen LogP contribution >= 0.6 is 0 Å². The summed E-state index contributed by atoms with van der Waals surface area (Å²) >= 11 is 0. The lowest BCUT2D eigenvalue weighted by Crippen LogP contribution is -2.35. The summed E-state index contributed by atoms with van der Waals surface area (Å²) in [6, 6.07) is 0.620. The second-order valence-electron chi connectivity index (χ2n) is 5.48. The maximum atomic E-state index is 4.96. The number of nitrogens with zero attached hydrogens (tertiary/aromatic N) is 2. The van der Waals surface area contributed by atoms with Crippen LogP contribution in [0.15, 0.2) is 4.52 Å². The summed E-state index contributed by atoms with van der Waals surface area (Å²) in [7, 11) is 0. The lowest BCUT2D eigenvalue weighted by molar-refractivity contribution is 0.229.